The molecule has 2 rings (SSSR count). The summed E-state index contributed by atoms with van der Waals surface area (Å²) in [5.41, 5.74) is 0.594. The van der Waals surface area contributed by atoms with E-state index in [1.54, 1.807) is 25.5 Å². The Morgan fingerprint density at radius 2 is 2.16 bits per heavy atom. The number of benzene rings is 1. The molecule has 5 heteroatoms. The van der Waals surface area contributed by atoms with E-state index in [2.05, 4.69) is 21.2 Å². The predicted molar refractivity (Wildman–Crippen MR) is 74.9 cm³/mol. The zero-order valence-electron chi connectivity index (χ0n) is 10.4. The summed E-state index contributed by atoms with van der Waals surface area (Å²) in [6.45, 7) is 0.351. The van der Waals surface area contributed by atoms with Crippen molar-refractivity contribution in [2.24, 2.45) is 0 Å². The molecule has 0 saturated carbocycles. The molecular weight excluding hydrogens is 310 g/mol. The number of rotatable bonds is 5. The summed E-state index contributed by atoms with van der Waals surface area (Å²) in [7, 11) is 1.58. The minimum absolute atomic E-state index is 0.152. The van der Waals surface area contributed by atoms with E-state index in [4.69, 9.17) is 9.15 Å². The van der Waals surface area contributed by atoms with E-state index in [9.17, 15) is 4.79 Å². The van der Waals surface area contributed by atoms with Gasteiger partial charge in [-0.2, -0.15) is 0 Å². The first kappa shape index (κ1) is 13.8. The second-order valence-electron chi connectivity index (χ2n) is 3.93. The molecule has 0 aliphatic carbocycles. The van der Waals surface area contributed by atoms with E-state index in [1.807, 2.05) is 24.3 Å². The summed E-state index contributed by atoms with van der Waals surface area (Å²) in [6, 6.07) is 10.9. The molecule has 19 heavy (non-hydrogen) atoms. The molecular formula is C14H14BrNO3. The molecule has 1 atom stereocenters. The number of methoxy groups -OCH3 is 1. The first-order valence-electron chi connectivity index (χ1n) is 5.81. The van der Waals surface area contributed by atoms with Crippen molar-refractivity contribution in [1.29, 1.82) is 0 Å². The molecule has 1 N–H and O–H groups in total. The molecule has 0 bridgehead atoms. The van der Waals surface area contributed by atoms with Gasteiger partial charge in [0.15, 0.2) is 0 Å². The van der Waals surface area contributed by atoms with Crippen molar-refractivity contribution < 1.29 is 13.9 Å². The predicted octanol–water partition coefficient (Wildman–Crippen LogP) is 3.16. The average Bonchev–Trinajstić information content (AvgIpc) is 2.94. The van der Waals surface area contributed by atoms with Crippen LogP contribution in [0.5, 0.6) is 0 Å². The van der Waals surface area contributed by atoms with Gasteiger partial charge in [0.1, 0.15) is 11.9 Å². The summed E-state index contributed by atoms with van der Waals surface area (Å²) in [5, 5.41) is 2.83. The highest BCUT2D eigenvalue weighted by Gasteiger charge is 2.16. The fourth-order valence-electron chi connectivity index (χ4n) is 1.70. The molecule has 100 valence electrons. The molecule has 1 heterocycles. The van der Waals surface area contributed by atoms with Crippen LogP contribution in [0.3, 0.4) is 0 Å². The number of halogens is 1. The van der Waals surface area contributed by atoms with Crippen molar-refractivity contribution in [3.05, 3.63) is 58.5 Å². The van der Waals surface area contributed by atoms with Gasteiger partial charge >= 0.3 is 0 Å². The minimum atomic E-state index is -0.290. The third-order valence-corrected chi connectivity index (χ3v) is 3.40. The molecule has 1 aromatic carbocycles. The minimum Gasteiger partial charge on any atom is -0.467 e. The van der Waals surface area contributed by atoms with Gasteiger partial charge < -0.3 is 14.5 Å². The number of ether oxygens (including phenoxy) is 1. The standard InChI is InChI=1S/C14H14BrNO3/c1-18-13(12-7-4-8-19-12)9-16-14(17)10-5-2-3-6-11(10)15/h2-8,13H,9H2,1H3,(H,16,17). The lowest BCUT2D eigenvalue weighted by atomic mass is 10.2. The normalized spacial score (nSPS) is 12.1. The van der Waals surface area contributed by atoms with Crippen LogP contribution in [0.2, 0.25) is 0 Å². The summed E-state index contributed by atoms with van der Waals surface area (Å²) in [5.74, 6) is 0.538. The van der Waals surface area contributed by atoms with E-state index < -0.39 is 0 Å². The van der Waals surface area contributed by atoms with Gasteiger partial charge in [0.05, 0.1) is 18.4 Å². The summed E-state index contributed by atoms with van der Waals surface area (Å²) in [4.78, 5) is 12.0. The van der Waals surface area contributed by atoms with Crippen LogP contribution in [-0.4, -0.2) is 19.6 Å². The Kier molecular flexibility index (Phi) is 4.76. The van der Waals surface area contributed by atoms with Gasteiger partial charge in [-0.05, 0) is 40.2 Å². The molecule has 4 nitrogen and oxygen atoms in total. The number of hydrogen-bond donors (Lipinski definition) is 1. The second kappa shape index (κ2) is 6.54. The zero-order valence-corrected chi connectivity index (χ0v) is 12.0. The van der Waals surface area contributed by atoms with Crippen LogP contribution in [-0.2, 0) is 4.74 Å². The van der Waals surface area contributed by atoms with Crippen LogP contribution in [0, 0.1) is 0 Å². The monoisotopic (exact) mass is 323 g/mol. The molecule has 1 amide bonds. The van der Waals surface area contributed by atoms with E-state index in [1.165, 1.54) is 0 Å². The van der Waals surface area contributed by atoms with E-state index in [0.29, 0.717) is 17.9 Å². The molecule has 0 fully saturated rings. The number of amides is 1. The second-order valence-corrected chi connectivity index (χ2v) is 4.78. The Morgan fingerprint density at radius 1 is 1.37 bits per heavy atom. The topological polar surface area (TPSA) is 51.5 Å². The van der Waals surface area contributed by atoms with Crippen molar-refractivity contribution in [1.82, 2.24) is 5.32 Å². The van der Waals surface area contributed by atoms with Crippen LogP contribution < -0.4 is 5.32 Å². The zero-order chi connectivity index (χ0) is 13.7. The van der Waals surface area contributed by atoms with Crippen LogP contribution in [0.25, 0.3) is 0 Å². The number of furan rings is 1. The van der Waals surface area contributed by atoms with Crippen molar-refractivity contribution in [2.75, 3.05) is 13.7 Å². The molecule has 1 unspecified atom stereocenters. The van der Waals surface area contributed by atoms with E-state index >= 15 is 0 Å². The third-order valence-electron chi connectivity index (χ3n) is 2.71. The van der Waals surface area contributed by atoms with Crippen molar-refractivity contribution >= 4 is 21.8 Å². The molecule has 0 saturated heterocycles. The molecule has 2 aromatic rings. The maximum Gasteiger partial charge on any atom is 0.252 e. The maximum absolute atomic E-state index is 12.0. The Morgan fingerprint density at radius 3 is 2.79 bits per heavy atom. The quantitative estimate of drug-likeness (QED) is 0.919. The molecule has 0 radical (unpaired) electrons. The number of nitrogens with one attached hydrogen (secondary N) is 1. The molecule has 0 aliphatic rings. The van der Waals surface area contributed by atoms with Crippen molar-refractivity contribution in [3.8, 4) is 0 Å². The summed E-state index contributed by atoms with van der Waals surface area (Å²) in [6.07, 6.45) is 1.29. The number of carbonyl (C=O) groups is 1. The average molecular weight is 324 g/mol. The first-order chi connectivity index (χ1) is 9.22. The summed E-state index contributed by atoms with van der Waals surface area (Å²) >= 11 is 3.35. The lowest BCUT2D eigenvalue weighted by Gasteiger charge is -2.14. The van der Waals surface area contributed by atoms with Crippen molar-refractivity contribution in [2.45, 2.75) is 6.10 Å². The van der Waals surface area contributed by atoms with Gasteiger partial charge in [-0.3, -0.25) is 4.79 Å². The van der Waals surface area contributed by atoms with Gasteiger partial charge in [0.2, 0.25) is 0 Å². The van der Waals surface area contributed by atoms with E-state index in [0.717, 1.165) is 4.47 Å². The fourth-order valence-corrected chi connectivity index (χ4v) is 2.17. The molecule has 1 aromatic heterocycles. The number of hydrogen-bond acceptors (Lipinski definition) is 3. The Labute approximate surface area is 119 Å². The van der Waals surface area contributed by atoms with Gasteiger partial charge in [-0.1, -0.05) is 12.1 Å². The highest BCUT2D eigenvalue weighted by atomic mass is 79.9. The van der Waals surface area contributed by atoms with Crippen LogP contribution in [0.1, 0.15) is 22.2 Å². The molecule has 0 spiro atoms. The largest absolute Gasteiger partial charge is 0.467 e. The highest BCUT2D eigenvalue weighted by molar-refractivity contribution is 9.10. The smallest absolute Gasteiger partial charge is 0.252 e. The lowest BCUT2D eigenvalue weighted by Crippen LogP contribution is -2.29. The number of carbonyl (C=O) groups excluding carboxylic acids is 1. The summed E-state index contributed by atoms with van der Waals surface area (Å²) < 4.78 is 11.3. The lowest BCUT2D eigenvalue weighted by molar-refractivity contribution is 0.0738. The van der Waals surface area contributed by atoms with Crippen LogP contribution in [0.4, 0.5) is 0 Å². The van der Waals surface area contributed by atoms with Gasteiger partial charge in [0, 0.05) is 11.6 Å². The van der Waals surface area contributed by atoms with Gasteiger partial charge in [0.25, 0.3) is 5.91 Å². The Bertz CT molecular complexity index is 539. The van der Waals surface area contributed by atoms with Gasteiger partial charge in [-0.15, -0.1) is 0 Å². The Hall–Kier alpha value is -1.59. The first-order valence-corrected chi connectivity index (χ1v) is 6.60. The van der Waals surface area contributed by atoms with Crippen LogP contribution in [0.15, 0.2) is 51.6 Å². The highest BCUT2D eigenvalue weighted by Crippen LogP contribution is 2.18. The molecule has 0 aliphatic heterocycles. The SMILES string of the molecule is COC(CNC(=O)c1ccccc1Br)c1ccco1. The van der Waals surface area contributed by atoms with Gasteiger partial charge in [-0.25, -0.2) is 0 Å². The van der Waals surface area contributed by atoms with E-state index in [-0.39, 0.29) is 12.0 Å². The van der Waals surface area contributed by atoms with Crippen molar-refractivity contribution in [3.63, 3.8) is 0 Å². The third kappa shape index (κ3) is 3.45. The fraction of sp³-hybridized carbons (Fsp3) is 0.214. The maximum atomic E-state index is 12.0. The Balaban J connectivity index is 1.98. The van der Waals surface area contributed by atoms with Crippen LogP contribution >= 0.6 is 15.9 Å².